The van der Waals surface area contributed by atoms with Crippen molar-refractivity contribution in [2.45, 2.75) is 20.4 Å². The molecule has 0 saturated heterocycles. The standard InChI is InChI=1S/C13H15N3O3/c1-8-11(5-15(3)14-8)7-16-6-10(9(2)17)4-12(16)13(18)19/h4-6H,7H2,1-3H3,(H,18,19). The Hall–Kier alpha value is -2.37. The molecule has 0 aliphatic carbocycles. The van der Waals surface area contributed by atoms with E-state index in [0.29, 0.717) is 12.1 Å². The maximum atomic E-state index is 11.3. The monoisotopic (exact) mass is 261 g/mol. The highest BCUT2D eigenvalue weighted by atomic mass is 16.4. The lowest BCUT2D eigenvalue weighted by Crippen LogP contribution is -2.08. The molecule has 0 atom stereocenters. The van der Waals surface area contributed by atoms with Crippen molar-refractivity contribution in [1.29, 1.82) is 0 Å². The molecule has 0 unspecified atom stereocenters. The van der Waals surface area contributed by atoms with Crippen LogP contribution in [0.15, 0.2) is 18.5 Å². The third-order valence-electron chi connectivity index (χ3n) is 2.98. The van der Waals surface area contributed by atoms with Crippen LogP contribution >= 0.6 is 0 Å². The van der Waals surface area contributed by atoms with Crippen LogP contribution in [0.4, 0.5) is 0 Å². The van der Waals surface area contributed by atoms with Gasteiger partial charge in [-0.25, -0.2) is 4.79 Å². The number of aromatic carboxylic acids is 1. The lowest BCUT2D eigenvalue weighted by molar-refractivity contribution is 0.0685. The van der Waals surface area contributed by atoms with Crippen LogP contribution in [0.25, 0.3) is 0 Å². The molecule has 1 N–H and O–H groups in total. The van der Waals surface area contributed by atoms with E-state index in [2.05, 4.69) is 5.10 Å². The Bertz CT molecular complexity index is 652. The van der Waals surface area contributed by atoms with Crippen molar-refractivity contribution >= 4 is 11.8 Å². The van der Waals surface area contributed by atoms with Gasteiger partial charge in [0.25, 0.3) is 0 Å². The van der Waals surface area contributed by atoms with Crippen molar-refractivity contribution in [2.24, 2.45) is 7.05 Å². The molecule has 0 saturated carbocycles. The predicted molar refractivity (Wildman–Crippen MR) is 68.4 cm³/mol. The predicted octanol–water partition coefficient (Wildman–Crippen LogP) is 1.48. The minimum absolute atomic E-state index is 0.105. The highest BCUT2D eigenvalue weighted by Gasteiger charge is 2.16. The van der Waals surface area contributed by atoms with E-state index >= 15 is 0 Å². The largest absolute Gasteiger partial charge is 0.477 e. The first kappa shape index (κ1) is 13.1. The van der Waals surface area contributed by atoms with E-state index in [4.69, 9.17) is 5.11 Å². The summed E-state index contributed by atoms with van der Waals surface area (Å²) in [4.78, 5) is 22.5. The molecule has 0 fully saturated rings. The number of hydrogen-bond donors (Lipinski definition) is 1. The minimum Gasteiger partial charge on any atom is -0.477 e. The highest BCUT2D eigenvalue weighted by molar-refractivity contribution is 5.97. The average molecular weight is 261 g/mol. The molecule has 0 spiro atoms. The number of carboxylic acids is 1. The zero-order chi connectivity index (χ0) is 14.2. The summed E-state index contributed by atoms with van der Waals surface area (Å²) in [6.45, 7) is 3.67. The Morgan fingerprint density at radius 3 is 2.53 bits per heavy atom. The molecule has 100 valence electrons. The quantitative estimate of drug-likeness (QED) is 0.846. The van der Waals surface area contributed by atoms with E-state index in [9.17, 15) is 9.59 Å². The van der Waals surface area contributed by atoms with Crippen LogP contribution in [0.3, 0.4) is 0 Å². The molecule has 6 nitrogen and oxygen atoms in total. The van der Waals surface area contributed by atoms with Crippen molar-refractivity contribution in [3.8, 4) is 0 Å². The van der Waals surface area contributed by atoms with Gasteiger partial charge in [-0.15, -0.1) is 0 Å². The number of carbonyl (C=O) groups is 2. The second kappa shape index (κ2) is 4.72. The van der Waals surface area contributed by atoms with Crippen molar-refractivity contribution in [3.63, 3.8) is 0 Å². The number of aromatic nitrogens is 3. The number of rotatable bonds is 4. The molecule has 0 radical (unpaired) electrons. The molecular weight excluding hydrogens is 246 g/mol. The van der Waals surface area contributed by atoms with Crippen LogP contribution in [0, 0.1) is 6.92 Å². The fourth-order valence-electron chi connectivity index (χ4n) is 2.00. The van der Waals surface area contributed by atoms with E-state index in [1.807, 2.05) is 20.2 Å². The van der Waals surface area contributed by atoms with Gasteiger partial charge >= 0.3 is 5.97 Å². The van der Waals surface area contributed by atoms with Gasteiger partial charge in [-0.05, 0) is 19.9 Å². The fourth-order valence-corrected chi connectivity index (χ4v) is 2.00. The van der Waals surface area contributed by atoms with Crippen LogP contribution < -0.4 is 0 Å². The smallest absolute Gasteiger partial charge is 0.352 e. The van der Waals surface area contributed by atoms with E-state index in [-0.39, 0.29) is 11.5 Å². The van der Waals surface area contributed by atoms with Crippen LogP contribution in [0.5, 0.6) is 0 Å². The summed E-state index contributed by atoms with van der Waals surface area (Å²) < 4.78 is 3.24. The normalized spacial score (nSPS) is 10.7. The number of aryl methyl sites for hydroxylation is 2. The Labute approximate surface area is 110 Å². The van der Waals surface area contributed by atoms with Crippen LogP contribution in [-0.2, 0) is 13.6 Å². The number of carboxylic acid groups (broad SMARTS) is 1. The molecule has 2 rings (SSSR count). The summed E-state index contributed by atoms with van der Waals surface area (Å²) >= 11 is 0. The lowest BCUT2D eigenvalue weighted by Gasteiger charge is -2.04. The maximum Gasteiger partial charge on any atom is 0.352 e. The van der Waals surface area contributed by atoms with Crippen molar-refractivity contribution in [2.75, 3.05) is 0 Å². The van der Waals surface area contributed by atoms with E-state index in [0.717, 1.165) is 11.3 Å². The van der Waals surface area contributed by atoms with Gasteiger partial charge in [-0.2, -0.15) is 5.10 Å². The third kappa shape index (κ3) is 2.57. The summed E-state index contributed by atoms with van der Waals surface area (Å²) in [5, 5.41) is 13.4. The Morgan fingerprint density at radius 1 is 1.37 bits per heavy atom. The molecule has 0 aliphatic rings. The van der Waals surface area contributed by atoms with E-state index < -0.39 is 5.97 Å². The summed E-state index contributed by atoms with van der Waals surface area (Å²) in [6, 6.07) is 1.40. The first-order valence-electron chi connectivity index (χ1n) is 5.82. The molecule has 0 bridgehead atoms. The summed E-state index contributed by atoms with van der Waals surface area (Å²) in [5.41, 5.74) is 2.28. The van der Waals surface area contributed by atoms with Crippen LogP contribution in [-0.4, -0.2) is 31.2 Å². The Kier molecular flexibility index (Phi) is 3.25. The fraction of sp³-hybridized carbons (Fsp3) is 0.308. The van der Waals surface area contributed by atoms with Gasteiger partial charge in [0.15, 0.2) is 5.78 Å². The third-order valence-corrected chi connectivity index (χ3v) is 2.98. The van der Waals surface area contributed by atoms with Crippen LogP contribution in [0.1, 0.15) is 39.0 Å². The molecule has 0 aromatic carbocycles. The summed E-state index contributed by atoms with van der Waals surface area (Å²) in [6.07, 6.45) is 3.41. The Balaban J connectivity index is 2.41. The number of nitrogens with zero attached hydrogens (tertiary/aromatic N) is 3. The SMILES string of the molecule is CC(=O)c1cc(C(=O)O)n(Cc2cn(C)nc2C)c1. The van der Waals surface area contributed by atoms with Crippen LogP contribution in [0.2, 0.25) is 0 Å². The summed E-state index contributed by atoms with van der Waals surface area (Å²) in [7, 11) is 1.81. The van der Waals surface area contributed by atoms with Gasteiger partial charge in [-0.1, -0.05) is 0 Å². The van der Waals surface area contributed by atoms with Crippen molar-refractivity contribution in [1.82, 2.24) is 14.3 Å². The molecule has 6 heteroatoms. The van der Waals surface area contributed by atoms with Gasteiger partial charge < -0.3 is 9.67 Å². The topological polar surface area (TPSA) is 77.1 Å². The lowest BCUT2D eigenvalue weighted by atomic mass is 10.2. The van der Waals surface area contributed by atoms with E-state index in [1.54, 1.807) is 15.4 Å². The highest BCUT2D eigenvalue weighted by Crippen LogP contribution is 2.14. The maximum absolute atomic E-state index is 11.3. The molecule has 2 aromatic rings. The number of hydrogen-bond acceptors (Lipinski definition) is 3. The second-order valence-corrected chi connectivity index (χ2v) is 4.52. The number of ketones is 1. The molecule has 2 heterocycles. The minimum atomic E-state index is -1.05. The average Bonchev–Trinajstić information content (AvgIpc) is 2.84. The number of carbonyl (C=O) groups excluding carboxylic acids is 1. The van der Waals surface area contributed by atoms with Gasteiger partial charge in [-0.3, -0.25) is 9.48 Å². The second-order valence-electron chi connectivity index (χ2n) is 4.52. The molecule has 19 heavy (non-hydrogen) atoms. The first-order chi connectivity index (χ1) is 8.88. The van der Waals surface area contributed by atoms with Gasteiger partial charge in [0.05, 0.1) is 12.2 Å². The Morgan fingerprint density at radius 2 is 2.05 bits per heavy atom. The van der Waals surface area contributed by atoms with Gasteiger partial charge in [0.2, 0.25) is 0 Å². The zero-order valence-electron chi connectivity index (χ0n) is 11.0. The molecule has 2 aromatic heterocycles. The zero-order valence-corrected chi connectivity index (χ0v) is 11.0. The number of Topliss-reactive ketones (excluding diaryl/α,β-unsaturated/α-hetero) is 1. The summed E-state index contributed by atoms with van der Waals surface area (Å²) in [5.74, 6) is -1.20. The first-order valence-corrected chi connectivity index (χ1v) is 5.82. The molecular formula is C13H15N3O3. The van der Waals surface area contributed by atoms with E-state index in [1.165, 1.54) is 13.0 Å². The van der Waals surface area contributed by atoms with Crippen molar-refractivity contribution < 1.29 is 14.7 Å². The van der Waals surface area contributed by atoms with Gasteiger partial charge in [0, 0.05) is 30.6 Å². The van der Waals surface area contributed by atoms with Crippen molar-refractivity contribution in [3.05, 3.63) is 41.0 Å². The molecule has 0 amide bonds. The molecule has 0 aliphatic heterocycles. The van der Waals surface area contributed by atoms with Gasteiger partial charge in [0.1, 0.15) is 5.69 Å².